The van der Waals surface area contributed by atoms with Crippen LogP contribution >= 0.6 is 0 Å². The van der Waals surface area contributed by atoms with Crippen molar-refractivity contribution >= 4 is 34.4 Å². The first-order valence-corrected chi connectivity index (χ1v) is 9.35. The molecule has 0 aliphatic rings. The van der Waals surface area contributed by atoms with E-state index in [4.69, 9.17) is 0 Å². The molecular weight excluding hydrogens is 396 g/mol. The number of carboxylic acids is 1. The minimum atomic E-state index is -1.43. The summed E-state index contributed by atoms with van der Waals surface area (Å²) in [6.45, 7) is 0. The molecule has 0 saturated carbocycles. The molecular formula is C24H16N2O5. The van der Waals surface area contributed by atoms with E-state index >= 15 is 0 Å². The zero-order valence-corrected chi connectivity index (χ0v) is 16.1. The summed E-state index contributed by atoms with van der Waals surface area (Å²) < 4.78 is 1.06. The van der Waals surface area contributed by atoms with Crippen molar-refractivity contribution in [1.82, 2.24) is 4.57 Å². The van der Waals surface area contributed by atoms with Gasteiger partial charge in [0.1, 0.15) is 5.56 Å². The molecule has 0 radical (unpaired) electrons. The molecule has 0 atom stereocenters. The first kappa shape index (κ1) is 19.8. The molecule has 1 amide bonds. The topological polar surface area (TPSA) is 105 Å². The smallest absolute Gasteiger partial charge is 0.341 e. The van der Waals surface area contributed by atoms with E-state index in [9.17, 15) is 24.3 Å². The maximum Gasteiger partial charge on any atom is 0.341 e. The molecule has 7 nitrogen and oxygen atoms in total. The number of nitrogens with zero attached hydrogens (tertiary/aromatic N) is 1. The first-order chi connectivity index (χ1) is 15.0. The van der Waals surface area contributed by atoms with Gasteiger partial charge in [-0.2, -0.15) is 0 Å². The third kappa shape index (κ3) is 3.72. The lowest BCUT2D eigenvalue weighted by Crippen LogP contribution is -2.26. The number of ketones is 1. The fourth-order valence-electron chi connectivity index (χ4n) is 3.31. The third-order valence-corrected chi connectivity index (χ3v) is 4.81. The highest BCUT2D eigenvalue weighted by Gasteiger charge is 2.19. The molecule has 7 heteroatoms. The Labute approximate surface area is 176 Å². The summed E-state index contributed by atoms with van der Waals surface area (Å²) in [7, 11) is 0. The number of carbonyl (C=O) groups excluding carboxylic acids is 2. The lowest BCUT2D eigenvalue weighted by atomic mass is 10.0. The van der Waals surface area contributed by atoms with Crippen molar-refractivity contribution in [2.75, 3.05) is 5.32 Å². The summed E-state index contributed by atoms with van der Waals surface area (Å²) in [5, 5.41) is 12.1. The van der Waals surface area contributed by atoms with Crippen LogP contribution in [0.3, 0.4) is 0 Å². The highest BCUT2D eigenvalue weighted by Crippen LogP contribution is 2.20. The lowest BCUT2D eigenvalue weighted by molar-refractivity contribution is 0.0695. The molecule has 4 aromatic rings. The first-order valence-electron chi connectivity index (χ1n) is 9.35. The number of rotatable bonds is 4. The third-order valence-electron chi connectivity index (χ3n) is 4.81. The van der Waals surface area contributed by atoms with E-state index in [-0.39, 0.29) is 27.9 Å². The van der Waals surface area contributed by atoms with Crippen molar-refractivity contribution in [3.63, 3.8) is 0 Å². The molecule has 0 bridgehead atoms. The number of nitrogens with one attached hydrogen (secondary N) is 1. The van der Waals surface area contributed by atoms with Gasteiger partial charge < -0.3 is 10.4 Å². The number of para-hydroxylation sites is 2. The van der Waals surface area contributed by atoms with Gasteiger partial charge >= 0.3 is 12.0 Å². The molecule has 0 saturated heterocycles. The number of hydrogen-bond donors (Lipinski definition) is 2. The second-order valence-corrected chi connectivity index (χ2v) is 6.74. The van der Waals surface area contributed by atoms with Crippen LogP contribution in [0.1, 0.15) is 26.3 Å². The summed E-state index contributed by atoms with van der Waals surface area (Å²) in [5.41, 5.74) is 0.0641. The number of anilines is 1. The molecule has 0 unspecified atom stereocenters. The number of pyridine rings is 1. The van der Waals surface area contributed by atoms with Crippen molar-refractivity contribution in [3.8, 4) is 0 Å². The van der Waals surface area contributed by atoms with Crippen molar-refractivity contribution in [1.29, 1.82) is 0 Å². The Bertz CT molecular complexity index is 1390. The molecule has 0 spiro atoms. The van der Waals surface area contributed by atoms with Gasteiger partial charge in [0.2, 0.25) is 5.43 Å². The Balaban J connectivity index is 1.78. The minimum absolute atomic E-state index is 0.103. The van der Waals surface area contributed by atoms with E-state index < -0.39 is 23.0 Å². The average Bonchev–Trinajstić information content (AvgIpc) is 2.79. The minimum Gasteiger partial charge on any atom is -0.477 e. The van der Waals surface area contributed by atoms with Crippen molar-refractivity contribution in [2.24, 2.45) is 0 Å². The van der Waals surface area contributed by atoms with Crippen LogP contribution in [0.4, 0.5) is 10.5 Å². The average molecular weight is 412 g/mol. The SMILES string of the molecule is O=C(c1ccccc1)c1ccccc1NC(=O)n1cc(C(=O)O)c(=O)c2ccccc21. The molecule has 152 valence electrons. The highest BCUT2D eigenvalue weighted by atomic mass is 16.4. The van der Waals surface area contributed by atoms with Gasteiger partial charge in [-0.15, -0.1) is 0 Å². The predicted octanol–water partition coefficient (Wildman–Crippen LogP) is 4.01. The van der Waals surface area contributed by atoms with Crippen molar-refractivity contribution in [3.05, 3.63) is 112 Å². The van der Waals surface area contributed by atoms with E-state index in [1.807, 2.05) is 0 Å². The van der Waals surface area contributed by atoms with Gasteiger partial charge in [0, 0.05) is 22.7 Å². The number of carbonyl (C=O) groups is 3. The molecule has 4 rings (SSSR count). The Hall–Kier alpha value is -4.52. The van der Waals surface area contributed by atoms with Gasteiger partial charge in [-0.25, -0.2) is 9.59 Å². The van der Waals surface area contributed by atoms with Crippen LogP contribution in [0.15, 0.2) is 89.9 Å². The molecule has 0 fully saturated rings. The maximum absolute atomic E-state index is 13.1. The molecule has 0 aliphatic carbocycles. The molecule has 31 heavy (non-hydrogen) atoms. The van der Waals surface area contributed by atoms with E-state index in [1.165, 1.54) is 6.07 Å². The second kappa shape index (κ2) is 8.08. The van der Waals surface area contributed by atoms with Gasteiger partial charge in [-0.05, 0) is 24.3 Å². The van der Waals surface area contributed by atoms with E-state index in [2.05, 4.69) is 5.32 Å². The van der Waals surface area contributed by atoms with Crippen LogP contribution < -0.4 is 10.7 Å². The number of benzene rings is 3. The fraction of sp³-hybridized carbons (Fsp3) is 0. The number of aromatic carboxylic acids is 1. The quantitative estimate of drug-likeness (QED) is 0.493. The highest BCUT2D eigenvalue weighted by molar-refractivity contribution is 6.14. The monoisotopic (exact) mass is 412 g/mol. The van der Waals surface area contributed by atoms with E-state index in [1.54, 1.807) is 72.8 Å². The zero-order valence-electron chi connectivity index (χ0n) is 16.1. The number of amides is 1. The van der Waals surface area contributed by atoms with Crippen LogP contribution in [0, 0.1) is 0 Å². The summed E-state index contributed by atoms with van der Waals surface area (Å²) >= 11 is 0. The normalized spacial score (nSPS) is 10.6. The number of aromatic nitrogens is 1. The van der Waals surface area contributed by atoms with Gasteiger partial charge in [0.15, 0.2) is 5.78 Å². The van der Waals surface area contributed by atoms with E-state index in [0.29, 0.717) is 5.56 Å². The number of hydrogen-bond acceptors (Lipinski definition) is 4. The molecule has 1 heterocycles. The summed E-state index contributed by atoms with van der Waals surface area (Å²) in [5.74, 6) is -1.70. The van der Waals surface area contributed by atoms with Crippen LogP contribution in [-0.4, -0.2) is 27.5 Å². The predicted molar refractivity (Wildman–Crippen MR) is 116 cm³/mol. The largest absolute Gasteiger partial charge is 0.477 e. The summed E-state index contributed by atoms with van der Waals surface area (Å²) in [6, 6.07) is 20.7. The lowest BCUT2D eigenvalue weighted by Gasteiger charge is -2.14. The van der Waals surface area contributed by atoms with Gasteiger partial charge in [-0.3, -0.25) is 14.2 Å². The molecule has 3 aromatic carbocycles. The second-order valence-electron chi connectivity index (χ2n) is 6.74. The van der Waals surface area contributed by atoms with Gasteiger partial charge in [0.05, 0.1) is 11.2 Å². The van der Waals surface area contributed by atoms with Crippen LogP contribution in [-0.2, 0) is 0 Å². The number of carboxylic acid groups (broad SMARTS) is 1. The zero-order chi connectivity index (χ0) is 22.0. The Morgan fingerprint density at radius 3 is 2.16 bits per heavy atom. The molecule has 0 aliphatic heterocycles. The summed E-state index contributed by atoms with van der Waals surface area (Å²) in [6.07, 6.45) is 0.990. The maximum atomic E-state index is 13.1. The van der Waals surface area contributed by atoms with Crippen LogP contribution in [0.2, 0.25) is 0 Å². The fourth-order valence-corrected chi connectivity index (χ4v) is 3.31. The summed E-state index contributed by atoms with van der Waals surface area (Å²) in [4.78, 5) is 49.9. The van der Waals surface area contributed by atoms with Crippen molar-refractivity contribution < 1.29 is 19.5 Å². The van der Waals surface area contributed by atoms with Crippen molar-refractivity contribution in [2.45, 2.75) is 0 Å². The standard InChI is InChI=1S/C24H16N2O5/c27-21(15-8-2-1-3-9-15)16-10-4-6-12-19(16)25-24(31)26-14-18(23(29)30)22(28)17-11-5-7-13-20(17)26/h1-14H,(H,25,31)(H,29,30). The Morgan fingerprint density at radius 1 is 0.774 bits per heavy atom. The number of fused-ring (bicyclic) bond motifs is 1. The van der Waals surface area contributed by atoms with Gasteiger partial charge in [-0.1, -0.05) is 54.6 Å². The van der Waals surface area contributed by atoms with Gasteiger partial charge in [0.25, 0.3) is 0 Å². The Kier molecular flexibility index (Phi) is 5.15. The Morgan fingerprint density at radius 2 is 1.42 bits per heavy atom. The van der Waals surface area contributed by atoms with Crippen LogP contribution in [0.5, 0.6) is 0 Å². The molecule has 1 aromatic heterocycles. The molecule has 2 N–H and O–H groups in total. The van der Waals surface area contributed by atoms with Crippen LogP contribution in [0.25, 0.3) is 10.9 Å². The van der Waals surface area contributed by atoms with E-state index in [0.717, 1.165) is 10.8 Å².